The van der Waals surface area contributed by atoms with Crippen molar-refractivity contribution in [2.75, 3.05) is 27.2 Å². The van der Waals surface area contributed by atoms with Gasteiger partial charge in [0, 0.05) is 17.8 Å². The fourth-order valence-corrected chi connectivity index (χ4v) is 3.04. The Kier molecular flexibility index (Phi) is 7.01. The molecule has 0 saturated heterocycles. The maximum atomic E-state index is 12.5. The summed E-state index contributed by atoms with van der Waals surface area (Å²) in [5.74, 6) is -3.72. The van der Waals surface area contributed by atoms with Crippen molar-refractivity contribution in [2.24, 2.45) is 23.7 Å². The van der Waals surface area contributed by atoms with Crippen LogP contribution in [0.25, 0.3) is 0 Å². The lowest BCUT2D eigenvalue weighted by molar-refractivity contribution is -0.858. The van der Waals surface area contributed by atoms with Gasteiger partial charge in [-0.3, -0.25) is 4.79 Å². The number of hydrogen-bond acceptors (Lipinski definition) is 4. The second-order valence-electron chi connectivity index (χ2n) is 7.02. The summed E-state index contributed by atoms with van der Waals surface area (Å²) in [5, 5.41) is 11.7. The zero-order valence-corrected chi connectivity index (χ0v) is 15.0. The van der Waals surface area contributed by atoms with Gasteiger partial charge in [0.15, 0.2) is 0 Å². The van der Waals surface area contributed by atoms with E-state index in [-0.39, 0.29) is 11.8 Å². The first-order chi connectivity index (χ1) is 10.6. The van der Waals surface area contributed by atoms with E-state index < -0.39 is 23.8 Å². The Labute approximate surface area is 139 Å². The Morgan fingerprint density at radius 1 is 1.30 bits per heavy atom. The van der Waals surface area contributed by atoms with E-state index in [0.29, 0.717) is 13.2 Å². The third-order valence-corrected chi connectivity index (χ3v) is 4.43. The lowest BCUT2D eigenvalue weighted by Crippen LogP contribution is -3.06. The van der Waals surface area contributed by atoms with Crippen molar-refractivity contribution in [3.05, 3.63) is 23.3 Å². The molecule has 1 aliphatic rings. The fraction of sp³-hybridized carbons (Fsp3) is 0.667. The molecule has 0 saturated carbocycles. The third-order valence-electron chi connectivity index (χ3n) is 4.43. The fourth-order valence-electron chi connectivity index (χ4n) is 3.04. The molecule has 0 heterocycles. The zero-order chi connectivity index (χ0) is 17.7. The molecule has 1 rings (SSSR count). The van der Waals surface area contributed by atoms with E-state index in [1.165, 1.54) is 4.90 Å². The van der Waals surface area contributed by atoms with Crippen LogP contribution in [0.3, 0.4) is 0 Å². The molecular formula is C18H29NO4. The molecule has 0 aromatic carbocycles. The number of ether oxygens (including phenoxy) is 1. The van der Waals surface area contributed by atoms with Crippen LogP contribution in [-0.4, -0.2) is 39.2 Å². The van der Waals surface area contributed by atoms with Crippen LogP contribution in [0.15, 0.2) is 23.3 Å². The highest BCUT2D eigenvalue weighted by atomic mass is 16.5. The molecule has 0 unspecified atom stereocenters. The normalized spacial score (nSPS) is 27.3. The number of allylic oxidation sites excluding steroid dienone is 4. The molecule has 0 amide bonds. The minimum atomic E-state index is -1.19. The number of carboxylic acids is 1. The number of nitrogens with one attached hydrogen (secondary N) is 1. The topological polar surface area (TPSA) is 70.9 Å². The summed E-state index contributed by atoms with van der Waals surface area (Å²) in [4.78, 5) is 25.4. The van der Waals surface area contributed by atoms with Crippen LogP contribution in [0, 0.1) is 23.7 Å². The van der Waals surface area contributed by atoms with Crippen LogP contribution in [-0.2, 0) is 14.3 Å². The first kappa shape index (κ1) is 19.4. The minimum absolute atomic E-state index is 0.168. The Hall–Kier alpha value is -1.62. The van der Waals surface area contributed by atoms with Gasteiger partial charge in [-0.2, -0.15) is 0 Å². The highest BCUT2D eigenvalue weighted by Crippen LogP contribution is 2.39. The molecule has 130 valence electrons. The average molecular weight is 323 g/mol. The summed E-state index contributed by atoms with van der Waals surface area (Å²) in [5.41, 5.74) is 2.04. The molecule has 0 spiro atoms. The smallest absolute Gasteiger partial charge is 0.310 e. The van der Waals surface area contributed by atoms with E-state index in [4.69, 9.17) is 4.74 Å². The van der Waals surface area contributed by atoms with E-state index in [0.717, 1.165) is 11.1 Å². The van der Waals surface area contributed by atoms with E-state index in [2.05, 4.69) is 0 Å². The van der Waals surface area contributed by atoms with E-state index in [9.17, 15) is 14.7 Å². The van der Waals surface area contributed by atoms with Crippen molar-refractivity contribution >= 4 is 11.9 Å². The second kappa shape index (κ2) is 8.29. The maximum absolute atomic E-state index is 12.5. The number of carboxylic acid groups (broad SMARTS) is 1. The summed E-state index contributed by atoms with van der Waals surface area (Å²) in [6, 6.07) is 0. The standard InChI is InChI=1S/C18H29NO4/c1-11(2)9-14-10-12(3)13(4)15(16(14)17(20)21)18(22)23-8-7-19(5)6/h9-10,13-16H,7-8H2,1-6H3,(H,20,21)/t13-,14-,15+,16-/m1/s1. The maximum Gasteiger partial charge on any atom is 0.310 e. The Bertz CT molecular complexity index is 503. The number of rotatable bonds is 6. The number of carbonyl (C=O) groups is 2. The van der Waals surface area contributed by atoms with Crippen LogP contribution in [0.4, 0.5) is 0 Å². The van der Waals surface area contributed by atoms with Crippen LogP contribution < -0.4 is 10.0 Å². The first-order valence-electron chi connectivity index (χ1n) is 8.15. The molecule has 0 aliphatic heterocycles. The van der Waals surface area contributed by atoms with Crippen molar-refractivity contribution in [1.82, 2.24) is 0 Å². The largest absolute Gasteiger partial charge is 0.550 e. The first-order valence-corrected chi connectivity index (χ1v) is 8.15. The van der Waals surface area contributed by atoms with E-state index in [1.807, 2.05) is 53.9 Å². The predicted octanol–water partition coefficient (Wildman–Crippen LogP) is -0.165. The van der Waals surface area contributed by atoms with Crippen molar-refractivity contribution in [3.8, 4) is 0 Å². The number of quaternary nitrogens is 1. The van der Waals surface area contributed by atoms with Crippen LogP contribution >= 0.6 is 0 Å². The number of aliphatic carboxylic acids is 1. The summed E-state index contributed by atoms with van der Waals surface area (Å²) in [6.07, 6.45) is 3.83. The van der Waals surface area contributed by atoms with Crippen LogP contribution in [0.2, 0.25) is 0 Å². The van der Waals surface area contributed by atoms with Crippen LogP contribution in [0.5, 0.6) is 0 Å². The third kappa shape index (κ3) is 5.20. The summed E-state index contributed by atoms with van der Waals surface area (Å²) in [6.45, 7) is 8.63. The molecule has 1 N–H and O–H groups in total. The monoisotopic (exact) mass is 323 g/mol. The molecule has 0 fully saturated rings. The van der Waals surface area contributed by atoms with Gasteiger partial charge in [-0.25, -0.2) is 0 Å². The molecule has 0 bridgehead atoms. The Morgan fingerprint density at radius 3 is 2.39 bits per heavy atom. The zero-order valence-electron chi connectivity index (χ0n) is 15.0. The SMILES string of the molecule is CC(C)=C[C@@H]1C=C(C)[C@@H](C)[C@H](C(=O)OCC[NH+](C)C)[C@@H]1C(=O)[O-]. The van der Waals surface area contributed by atoms with Gasteiger partial charge in [0.05, 0.1) is 20.0 Å². The lowest BCUT2D eigenvalue weighted by Gasteiger charge is -2.39. The summed E-state index contributed by atoms with van der Waals surface area (Å²) < 4.78 is 5.35. The second-order valence-corrected chi connectivity index (χ2v) is 7.02. The molecule has 5 heteroatoms. The highest BCUT2D eigenvalue weighted by Gasteiger charge is 2.42. The van der Waals surface area contributed by atoms with Crippen molar-refractivity contribution in [1.29, 1.82) is 0 Å². The molecule has 1 aliphatic carbocycles. The number of esters is 1. The molecule has 5 nitrogen and oxygen atoms in total. The highest BCUT2D eigenvalue weighted by molar-refractivity contribution is 5.82. The van der Waals surface area contributed by atoms with E-state index >= 15 is 0 Å². The van der Waals surface area contributed by atoms with Gasteiger partial charge in [-0.1, -0.05) is 30.2 Å². The number of carbonyl (C=O) groups excluding carboxylic acids is 2. The van der Waals surface area contributed by atoms with Crippen molar-refractivity contribution in [3.63, 3.8) is 0 Å². The van der Waals surface area contributed by atoms with Gasteiger partial charge in [0.1, 0.15) is 13.2 Å². The molecular weight excluding hydrogens is 294 g/mol. The van der Waals surface area contributed by atoms with Gasteiger partial charge in [-0.15, -0.1) is 0 Å². The lowest BCUT2D eigenvalue weighted by atomic mass is 9.67. The quantitative estimate of drug-likeness (QED) is 0.544. The van der Waals surface area contributed by atoms with Crippen molar-refractivity contribution in [2.45, 2.75) is 27.7 Å². The molecule has 4 atom stereocenters. The van der Waals surface area contributed by atoms with Gasteiger partial charge in [-0.05, 0) is 26.7 Å². The molecule has 23 heavy (non-hydrogen) atoms. The molecule has 0 aromatic heterocycles. The van der Waals surface area contributed by atoms with E-state index in [1.54, 1.807) is 0 Å². The number of hydrogen-bond donors (Lipinski definition) is 1. The molecule has 0 radical (unpaired) electrons. The number of likely N-dealkylation sites (N-methyl/N-ethyl adjacent to an activating group) is 1. The average Bonchev–Trinajstić information content (AvgIpc) is 2.40. The van der Waals surface area contributed by atoms with Gasteiger partial charge in [0.2, 0.25) is 0 Å². The van der Waals surface area contributed by atoms with Gasteiger partial charge < -0.3 is 19.5 Å². The molecule has 0 aromatic rings. The van der Waals surface area contributed by atoms with Crippen molar-refractivity contribution < 1.29 is 24.3 Å². The Morgan fingerprint density at radius 2 is 1.91 bits per heavy atom. The summed E-state index contributed by atoms with van der Waals surface area (Å²) >= 11 is 0. The van der Waals surface area contributed by atoms with Gasteiger partial charge >= 0.3 is 5.97 Å². The minimum Gasteiger partial charge on any atom is -0.550 e. The Balaban J connectivity index is 3.05. The predicted molar refractivity (Wildman–Crippen MR) is 86.5 cm³/mol. The summed E-state index contributed by atoms with van der Waals surface area (Å²) in [7, 11) is 3.94. The van der Waals surface area contributed by atoms with Gasteiger partial charge in [0.25, 0.3) is 0 Å². The van der Waals surface area contributed by atoms with Crippen LogP contribution in [0.1, 0.15) is 27.7 Å².